The largest absolute Gasteiger partial charge is 0.480 e. The van der Waals surface area contributed by atoms with Crippen molar-refractivity contribution in [2.45, 2.75) is 32.2 Å². The van der Waals surface area contributed by atoms with Gasteiger partial charge in [0.15, 0.2) is 0 Å². The second-order valence-corrected chi connectivity index (χ2v) is 5.29. The summed E-state index contributed by atoms with van der Waals surface area (Å²) in [5.41, 5.74) is 1.69. The van der Waals surface area contributed by atoms with Crippen molar-refractivity contribution in [3.8, 4) is 0 Å². The van der Waals surface area contributed by atoms with Gasteiger partial charge in [0.1, 0.15) is 6.54 Å². The third-order valence-electron chi connectivity index (χ3n) is 3.79. The maximum Gasteiger partial charge on any atom is 0.325 e. The van der Waals surface area contributed by atoms with Crippen LogP contribution in [-0.2, 0) is 4.79 Å². The summed E-state index contributed by atoms with van der Waals surface area (Å²) in [5, 5.41) is 9.03. The summed E-state index contributed by atoms with van der Waals surface area (Å²) in [6, 6.07) is 7.31. The summed E-state index contributed by atoms with van der Waals surface area (Å²) in [7, 11) is 1.75. The SMILES string of the molecule is Cc1ccc(N(CC(=O)O)C(=O)N(C)C2CCC2)cc1. The van der Waals surface area contributed by atoms with Gasteiger partial charge in [-0.3, -0.25) is 9.69 Å². The number of carbonyl (C=O) groups excluding carboxylic acids is 1. The van der Waals surface area contributed by atoms with E-state index in [9.17, 15) is 9.59 Å². The third-order valence-corrected chi connectivity index (χ3v) is 3.79. The van der Waals surface area contributed by atoms with Crippen LogP contribution >= 0.6 is 0 Å². The van der Waals surface area contributed by atoms with Gasteiger partial charge in [-0.1, -0.05) is 17.7 Å². The molecular formula is C15H20N2O3. The summed E-state index contributed by atoms with van der Waals surface area (Å²) in [6.07, 6.45) is 3.12. The second kappa shape index (κ2) is 5.94. The molecule has 1 aliphatic rings. The average molecular weight is 276 g/mol. The van der Waals surface area contributed by atoms with Gasteiger partial charge in [0.2, 0.25) is 0 Å². The van der Waals surface area contributed by atoms with Gasteiger partial charge in [-0.15, -0.1) is 0 Å². The number of benzene rings is 1. The molecule has 1 saturated carbocycles. The van der Waals surface area contributed by atoms with Crippen LogP contribution in [-0.4, -0.2) is 41.6 Å². The number of urea groups is 1. The number of carboxylic acids is 1. The van der Waals surface area contributed by atoms with Crippen molar-refractivity contribution < 1.29 is 14.7 Å². The highest BCUT2D eigenvalue weighted by Gasteiger charge is 2.30. The van der Waals surface area contributed by atoms with Crippen LogP contribution in [0.25, 0.3) is 0 Å². The number of nitrogens with zero attached hydrogens (tertiary/aromatic N) is 2. The molecule has 0 heterocycles. The second-order valence-electron chi connectivity index (χ2n) is 5.29. The third kappa shape index (κ3) is 3.10. The number of aliphatic carboxylic acids is 1. The topological polar surface area (TPSA) is 60.9 Å². The van der Waals surface area contributed by atoms with Gasteiger partial charge in [-0.05, 0) is 38.3 Å². The summed E-state index contributed by atoms with van der Waals surface area (Å²) in [6.45, 7) is 1.63. The zero-order valence-corrected chi connectivity index (χ0v) is 11.9. The van der Waals surface area contributed by atoms with Gasteiger partial charge in [-0.2, -0.15) is 0 Å². The Morgan fingerprint density at radius 2 is 1.85 bits per heavy atom. The van der Waals surface area contributed by atoms with Crippen LogP contribution in [0.15, 0.2) is 24.3 Å². The number of amides is 2. The molecule has 0 aliphatic heterocycles. The smallest absolute Gasteiger partial charge is 0.325 e. The highest BCUT2D eigenvalue weighted by atomic mass is 16.4. The molecule has 0 saturated heterocycles. The van der Waals surface area contributed by atoms with Crippen molar-refractivity contribution in [2.75, 3.05) is 18.5 Å². The van der Waals surface area contributed by atoms with Gasteiger partial charge in [0.25, 0.3) is 0 Å². The predicted octanol–water partition coefficient (Wildman–Crippen LogP) is 2.49. The lowest BCUT2D eigenvalue weighted by Gasteiger charge is -2.37. The fourth-order valence-corrected chi connectivity index (χ4v) is 2.25. The maximum atomic E-state index is 12.5. The summed E-state index contributed by atoms with van der Waals surface area (Å²) >= 11 is 0. The lowest BCUT2D eigenvalue weighted by molar-refractivity contribution is -0.135. The molecule has 0 aromatic heterocycles. The number of rotatable bonds is 4. The van der Waals surface area contributed by atoms with E-state index in [4.69, 9.17) is 5.11 Å². The van der Waals surface area contributed by atoms with E-state index >= 15 is 0 Å². The molecule has 2 rings (SSSR count). The molecule has 2 amide bonds. The quantitative estimate of drug-likeness (QED) is 0.919. The highest BCUT2D eigenvalue weighted by Crippen LogP contribution is 2.26. The van der Waals surface area contributed by atoms with Crippen molar-refractivity contribution >= 4 is 17.7 Å². The standard InChI is InChI=1S/C15H20N2O3/c1-11-6-8-13(9-7-11)17(10-14(18)19)15(20)16(2)12-4-3-5-12/h6-9,12H,3-5,10H2,1-2H3,(H,18,19). The first-order valence-electron chi connectivity index (χ1n) is 6.82. The monoisotopic (exact) mass is 276 g/mol. The van der Waals surface area contributed by atoms with Gasteiger partial charge in [0.05, 0.1) is 0 Å². The van der Waals surface area contributed by atoms with Gasteiger partial charge in [-0.25, -0.2) is 4.79 Å². The molecule has 1 aromatic carbocycles. The Hall–Kier alpha value is -2.04. The lowest BCUT2D eigenvalue weighted by atomic mass is 9.92. The van der Waals surface area contributed by atoms with Crippen LogP contribution in [0.4, 0.5) is 10.5 Å². The predicted molar refractivity (Wildman–Crippen MR) is 77.0 cm³/mol. The molecule has 0 radical (unpaired) electrons. The molecule has 0 atom stereocenters. The van der Waals surface area contributed by atoms with E-state index < -0.39 is 5.97 Å². The van der Waals surface area contributed by atoms with Crippen molar-refractivity contribution in [1.29, 1.82) is 0 Å². The normalized spacial score (nSPS) is 14.5. The number of anilines is 1. The molecule has 0 bridgehead atoms. The van der Waals surface area contributed by atoms with Crippen LogP contribution in [0.3, 0.4) is 0 Å². The van der Waals surface area contributed by atoms with Crippen LogP contribution in [0.1, 0.15) is 24.8 Å². The van der Waals surface area contributed by atoms with Crippen LogP contribution < -0.4 is 4.90 Å². The minimum Gasteiger partial charge on any atom is -0.480 e. The molecule has 1 aromatic rings. The molecule has 1 fully saturated rings. The molecule has 0 spiro atoms. The van der Waals surface area contributed by atoms with Crippen LogP contribution in [0.5, 0.6) is 0 Å². The Balaban J connectivity index is 2.19. The summed E-state index contributed by atoms with van der Waals surface area (Å²) < 4.78 is 0. The molecule has 1 aliphatic carbocycles. The fourth-order valence-electron chi connectivity index (χ4n) is 2.25. The molecule has 0 unspecified atom stereocenters. The van der Waals surface area contributed by atoms with E-state index in [2.05, 4.69) is 0 Å². The maximum absolute atomic E-state index is 12.5. The van der Waals surface area contributed by atoms with E-state index in [0.717, 1.165) is 24.8 Å². The van der Waals surface area contributed by atoms with Crippen molar-refractivity contribution in [2.24, 2.45) is 0 Å². The van der Waals surface area contributed by atoms with Gasteiger partial charge < -0.3 is 10.0 Å². The van der Waals surface area contributed by atoms with Crippen molar-refractivity contribution in [3.05, 3.63) is 29.8 Å². The number of aryl methyl sites for hydroxylation is 1. The van der Waals surface area contributed by atoms with E-state index in [1.54, 1.807) is 24.1 Å². The van der Waals surface area contributed by atoms with E-state index in [1.165, 1.54) is 4.90 Å². The van der Waals surface area contributed by atoms with Crippen molar-refractivity contribution in [1.82, 2.24) is 4.90 Å². The first-order chi connectivity index (χ1) is 9.49. The highest BCUT2D eigenvalue weighted by molar-refractivity contribution is 5.96. The summed E-state index contributed by atoms with van der Waals surface area (Å²) in [4.78, 5) is 26.5. The Labute approximate surface area is 118 Å². The molecule has 108 valence electrons. The summed E-state index contributed by atoms with van der Waals surface area (Å²) in [5.74, 6) is -1.01. The Bertz CT molecular complexity index is 494. The Kier molecular flexibility index (Phi) is 4.27. The first kappa shape index (κ1) is 14.4. The Morgan fingerprint density at radius 3 is 2.30 bits per heavy atom. The lowest BCUT2D eigenvalue weighted by Crippen LogP contribution is -2.50. The van der Waals surface area contributed by atoms with Crippen LogP contribution in [0.2, 0.25) is 0 Å². The number of carboxylic acid groups (broad SMARTS) is 1. The average Bonchev–Trinajstić information content (AvgIpc) is 2.34. The molecule has 5 heteroatoms. The van der Waals surface area contributed by atoms with Gasteiger partial charge >= 0.3 is 12.0 Å². The zero-order valence-electron chi connectivity index (χ0n) is 11.9. The zero-order chi connectivity index (χ0) is 14.7. The number of carbonyl (C=O) groups is 2. The fraction of sp³-hybridized carbons (Fsp3) is 0.467. The minimum absolute atomic E-state index is 0.240. The number of hydrogen-bond donors (Lipinski definition) is 1. The van der Waals surface area contributed by atoms with E-state index in [-0.39, 0.29) is 18.6 Å². The molecular weight excluding hydrogens is 256 g/mol. The van der Waals surface area contributed by atoms with Crippen LogP contribution in [0, 0.1) is 6.92 Å². The number of hydrogen-bond acceptors (Lipinski definition) is 2. The molecule has 20 heavy (non-hydrogen) atoms. The Morgan fingerprint density at radius 1 is 1.25 bits per heavy atom. The minimum atomic E-state index is -1.01. The van der Waals surface area contributed by atoms with Gasteiger partial charge in [0, 0.05) is 18.8 Å². The first-order valence-corrected chi connectivity index (χ1v) is 6.82. The van der Waals surface area contributed by atoms with E-state index in [0.29, 0.717) is 5.69 Å². The molecule has 5 nitrogen and oxygen atoms in total. The van der Waals surface area contributed by atoms with E-state index in [1.807, 2.05) is 19.1 Å². The van der Waals surface area contributed by atoms with Crippen molar-refractivity contribution in [3.63, 3.8) is 0 Å². The molecule has 1 N–H and O–H groups in total.